The Bertz CT molecular complexity index is 259. The van der Waals surface area contributed by atoms with Gasteiger partial charge in [0.05, 0.1) is 0 Å². The molecular weight excluding hydrogens is 447 g/mol. The maximum absolute atomic E-state index is 8.89. The molecule has 4 N–H and O–H groups in total. The standard InChI is InChI=1S/C2H8N2.5C2H4O2.5Na/c3-1-2-4;5*1-2(3)4;;;;;/h1-4H2;5*1H3,(H,3,4);;;;;/q;;;;;;5*+1/p-5. The first-order valence-corrected chi connectivity index (χ1v) is 5.86. The van der Waals surface area contributed by atoms with Crippen LogP contribution in [0.5, 0.6) is 0 Å². The molecule has 0 amide bonds. The zero-order valence-electron chi connectivity index (χ0n) is 19.2. The van der Waals surface area contributed by atoms with E-state index < -0.39 is 29.8 Å². The van der Waals surface area contributed by atoms with Crippen LogP contribution in [0.1, 0.15) is 34.6 Å². The fourth-order valence-electron chi connectivity index (χ4n) is 0. The molecule has 0 saturated heterocycles. The number of hydrogen-bond acceptors (Lipinski definition) is 12. The fraction of sp³-hybridized carbons (Fsp3) is 0.583. The molecule has 0 unspecified atom stereocenters. The van der Waals surface area contributed by atoms with Gasteiger partial charge in [-0.05, 0) is 34.6 Å². The van der Waals surface area contributed by atoms with Crippen molar-refractivity contribution >= 4 is 29.8 Å². The molecule has 29 heavy (non-hydrogen) atoms. The number of carboxylic acids is 5. The zero-order chi connectivity index (χ0) is 21.3. The largest absolute Gasteiger partial charge is 1.00 e. The molecule has 0 aliphatic heterocycles. The maximum atomic E-state index is 8.89. The number of hydrogen-bond donors (Lipinski definition) is 2. The van der Waals surface area contributed by atoms with Gasteiger partial charge in [0, 0.05) is 42.9 Å². The predicted molar refractivity (Wildman–Crippen MR) is 71.5 cm³/mol. The summed E-state index contributed by atoms with van der Waals surface area (Å²) >= 11 is 0. The topological polar surface area (TPSA) is 253 Å². The molecule has 0 aliphatic carbocycles. The summed E-state index contributed by atoms with van der Waals surface area (Å²) in [5.74, 6) is -5.42. The van der Waals surface area contributed by atoms with Crippen LogP contribution in [0.4, 0.5) is 0 Å². The van der Waals surface area contributed by atoms with E-state index in [0.717, 1.165) is 34.6 Å². The average molecular weight is 470 g/mol. The van der Waals surface area contributed by atoms with Gasteiger partial charge in [-0.25, -0.2) is 0 Å². The van der Waals surface area contributed by atoms with E-state index in [1.165, 1.54) is 0 Å². The molecule has 0 saturated carbocycles. The number of rotatable bonds is 1. The van der Waals surface area contributed by atoms with Crippen molar-refractivity contribution < 1.29 is 197 Å². The summed E-state index contributed by atoms with van der Waals surface area (Å²) < 4.78 is 0. The molecule has 0 rings (SSSR count). The van der Waals surface area contributed by atoms with Crippen LogP contribution < -0.4 is 185 Å². The quantitative estimate of drug-likeness (QED) is 0.339. The summed E-state index contributed by atoms with van der Waals surface area (Å²) in [6, 6.07) is 0. The van der Waals surface area contributed by atoms with E-state index in [2.05, 4.69) is 0 Å². The Labute approximate surface area is 281 Å². The number of nitrogens with two attached hydrogens (primary N) is 2. The second-order valence-electron chi connectivity index (χ2n) is 3.04. The number of carboxylic acid groups (broad SMARTS) is 5. The molecule has 0 aromatic heterocycles. The first kappa shape index (κ1) is 69.7. The van der Waals surface area contributed by atoms with Crippen LogP contribution >= 0.6 is 0 Å². The first-order valence-electron chi connectivity index (χ1n) is 5.86. The van der Waals surface area contributed by atoms with Crippen molar-refractivity contribution in [2.45, 2.75) is 34.6 Å². The molecule has 0 fully saturated rings. The third-order valence-electron chi connectivity index (χ3n) is 0.167. The van der Waals surface area contributed by atoms with Gasteiger partial charge in [-0.2, -0.15) is 0 Å². The predicted octanol–water partition coefficient (Wildman–Crippen LogP) is -22.3. The van der Waals surface area contributed by atoms with Gasteiger partial charge >= 0.3 is 148 Å². The van der Waals surface area contributed by atoms with E-state index >= 15 is 0 Å². The Morgan fingerprint density at radius 3 is 0.483 bits per heavy atom. The van der Waals surface area contributed by atoms with Gasteiger partial charge < -0.3 is 61.0 Å². The Morgan fingerprint density at radius 2 is 0.483 bits per heavy atom. The normalized spacial score (nSPS) is 5.34. The Balaban J connectivity index is -0.0000000144. The Morgan fingerprint density at radius 1 is 0.448 bits per heavy atom. The smallest absolute Gasteiger partial charge is 0.550 e. The summed E-state index contributed by atoms with van der Waals surface area (Å²) in [7, 11) is 0. The molecule has 146 valence electrons. The summed E-state index contributed by atoms with van der Waals surface area (Å²) in [6.45, 7) is 6.06. The van der Waals surface area contributed by atoms with Crippen LogP contribution in [0.2, 0.25) is 0 Å². The van der Waals surface area contributed by atoms with Crippen LogP contribution in [0, 0.1) is 0 Å². The molecule has 0 aromatic rings. The van der Waals surface area contributed by atoms with Crippen molar-refractivity contribution in [3.8, 4) is 0 Å². The molecular formula is C12H23N2Na5O10. The minimum atomic E-state index is -1.08. The average Bonchev–Trinajstić information content (AvgIpc) is 2.24. The van der Waals surface area contributed by atoms with Crippen molar-refractivity contribution in [2.75, 3.05) is 13.1 Å². The van der Waals surface area contributed by atoms with Crippen LogP contribution in [-0.4, -0.2) is 42.9 Å². The van der Waals surface area contributed by atoms with Crippen molar-refractivity contribution in [2.24, 2.45) is 11.5 Å². The van der Waals surface area contributed by atoms with E-state index in [0.29, 0.717) is 13.1 Å². The molecule has 0 atom stereocenters. The molecule has 0 heterocycles. The molecule has 0 aromatic carbocycles. The van der Waals surface area contributed by atoms with Crippen molar-refractivity contribution in [1.29, 1.82) is 0 Å². The van der Waals surface area contributed by atoms with Gasteiger partial charge in [-0.1, -0.05) is 0 Å². The molecule has 0 spiro atoms. The van der Waals surface area contributed by atoms with Gasteiger partial charge in [0.2, 0.25) is 0 Å². The van der Waals surface area contributed by atoms with Crippen molar-refractivity contribution in [3.05, 3.63) is 0 Å². The molecule has 0 radical (unpaired) electrons. The van der Waals surface area contributed by atoms with Crippen molar-refractivity contribution in [1.82, 2.24) is 0 Å². The Hall–Kier alpha value is 2.27. The van der Waals surface area contributed by atoms with Gasteiger partial charge in [0.15, 0.2) is 0 Å². The molecule has 0 bridgehead atoms. The maximum Gasteiger partial charge on any atom is 1.00 e. The second kappa shape index (κ2) is 69.8. The Kier molecular flexibility index (Phi) is 168. The van der Waals surface area contributed by atoms with E-state index in [9.17, 15) is 0 Å². The third kappa shape index (κ3) is 2260. The molecule has 12 nitrogen and oxygen atoms in total. The van der Waals surface area contributed by atoms with E-state index in [-0.39, 0.29) is 148 Å². The van der Waals surface area contributed by atoms with Crippen LogP contribution in [-0.2, 0) is 24.0 Å². The second-order valence-corrected chi connectivity index (χ2v) is 3.04. The number of carbonyl (C=O) groups excluding carboxylic acids is 5. The summed E-state index contributed by atoms with van der Waals surface area (Å²) in [4.78, 5) is 44.4. The monoisotopic (exact) mass is 470 g/mol. The summed E-state index contributed by atoms with van der Waals surface area (Å²) in [6.07, 6.45) is 0. The molecule has 0 aliphatic rings. The van der Waals surface area contributed by atoms with Gasteiger partial charge in [-0.3, -0.25) is 0 Å². The fourth-order valence-corrected chi connectivity index (χ4v) is 0. The van der Waals surface area contributed by atoms with Crippen LogP contribution in [0.3, 0.4) is 0 Å². The van der Waals surface area contributed by atoms with Gasteiger partial charge in [0.25, 0.3) is 0 Å². The van der Waals surface area contributed by atoms with Crippen LogP contribution in [0.25, 0.3) is 0 Å². The third-order valence-corrected chi connectivity index (χ3v) is 0.167. The van der Waals surface area contributed by atoms with E-state index in [4.69, 9.17) is 61.0 Å². The minimum Gasteiger partial charge on any atom is -0.550 e. The summed E-state index contributed by atoms with van der Waals surface area (Å²) in [5.41, 5.74) is 9.81. The molecule has 17 heteroatoms. The SMILES string of the molecule is CC(=O)[O-].CC(=O)[O-].CC(=O)[O-].CC(=O)[O-].CC(=O)[O-].NCCN.[Na+].[Na+].[Na+].[Na+].[Na+]. The zero-order valence-corrected chi connectivity index (χ0v) is 29.2. The number of aliphatic carboxylic acids is 5. The van der Waals surface area contributed by atoms with Gasteiger partial charge in [0.1, 0.15) is 0 Å². The van der Waals surface area contributed by atoms with E-state index in [1.54, 1.807) is 0 Å². The first-order chi connectivity index (χ1) is 10.6. The number of carbonyl (C=O) groups is 5. The van der Waals surface area contributed by atoms with Crippen molar-refractivity contribution in [3.63, 3.8) is 0 Å². The van der Waals surface area contributed by atoms with Crippen LogP contribution in [0.15, 0.2) is 0 Å². The van der Waals surface area contributed by atoms with E-state index in [1.807, 2.05) is 0 Å². The summed E-state index contributed by atoms with van der Waals surface area (Å²) in [5, 5.41) is 44.4. The minimum absolute atomic E-state index is 0. The van der Waals surface area contributed by atoms with Gasteiger partial charge in [-0.15, -0.1) is 0 Å².